The van der Waals surface area contributed by atoms with Gasteiger partial charge in [-0.15, -0.1) is 0 Å². The number of pyridine rings is 2. The molecule has 0 bridgehead atoms. The molecule has 1 amide bonds. The van der Waals surface area contributed by atoms with E-state index in [9.17, 15) is 22.4 Å². The average molecular weight is 562 g/mol. The van der Waals surface area contributed by atoms with Crippen LogP contribution in [0.4, 0.5) is 23.2 Å². The van der Waals surface area contributed by atoms with Crippen LogP contribution in [0.15, 0.2) is 54.9 Å². The minimum Gasteiger partial charge on any atom is -0.413 e. The monoisotopic (exact) mass is 561 g/mol. The highest BCUT2D eigenvalue weighted by atomic mass is 28.4. The molecule has 2 aromatic heterocycles. The molecule has 39 heavy (non-hydrogen) atoms. The minimum atomic E-state index is -4.60. The van der Waals surface area contributed by atoms with E-state index < -0.39 is 31.4 Å². The van der Waals surface area contributed by atoms with Crippen molar-refractivity contribution >= 4 is 19.9 Å². The lowest BCUT2D eigenvalue weighted by atomic mass is 9.77. The SMILES string of the molecule is CC(C)(C)[Si](C)(C)OCc1cc(C(F)(F)F)ncc1-c1ccc(NC(=O)C2(c3ccc(F)cc3)COC2)cn1. The number of hydrogen-bond acceptors (Lipinski definition) is 5. The van der Waals surface area contributed by atoms with Crippen molar-refractivity contribution in [3.05, 3.63) is 77.5 Å². The maximum absolute atomic E-state index is 13.4. The molecule has 0 aliphatic carbocycles. The molecule has 0 unspecified atom stereocenters. The van der Waals surface area contributed by atoms with Gasteiger partial charge in [-0.05, 0) is 59.6 Å². The van der Waals surface area contributed by atoms with Gasteiger partial charge >= 0.3 is 6.18 Å². The standard InChI is InChI=1S/C28H31F4N3O3Si/c1-26(2,3)39(4,5)38-15-18-12-24(28(30,31)32)34-14-22(18)23-11-10-21(13-33-23)35-25(36)27(16-37-17-27)19-6-8-20(29)9-7-19/h6-14H,15-17H2,1-5H3,(H,35,36). The summed E-state index contributed by atoms with van der Waals surface area (Å²) in [5, 5.41) is 2.70. The van der Waals surface area contributed by atoms with Gasteiger partial charge in [-0.1, -0.05) is 32.9 Å². The summed E-state index contributed by atoms with van der Waals surface area (Å²) < 4.78 is 65.2. The maximum Gasteiger partial charge on any atom is 0.433 e. The van der Waals surface area contributed by atoms with Crippen LogP contribution in [0.1, 0.15) is 37.6 Å². The first-order chi connectivity index (χ1) is 18.1. The molecule has 0 atom stereocenters. The van der Waals surface area contributed by atoms with E-state index in [2.05, 4.69) is 36.1 Å². The zero-order valence-corrected chi connectivity index (χ0v) is 23.4. The van der Waals surface area contributed by atoms with Crippen LogP contribution in [0.3, 0.4) is 0 Å². The van der Waals surface area contributed by atoms with E-state index in [0.29, 0.717) is 28.1 Å². The summed E-state index contributed by atoms with van der Waals surface area (Å²) in [6.07, 6.45) is -2.01. The predicted molar refractivity (Wildman–Crippen MR) is 142 cm³/mol. The number of alkyl halides is 3. The number of anilines is 1. The first-order valence-electron chi connectivity index (χ1n) is 12.4. The molecule has 3 heterocycles. The smallest absolute Gasteiger partial charge is 0.413 e. The lowest BCUT2D eigenvalue weighted by Crippen LogP contribution is -2.55. The van der Waals surface area contributed by atoms with E-state index in [0.717, 1.165) is 12.3 Å². The van der Waals surface area contributed by atoms with Gasteiger partial charge in [0.05, 0.1) is 37.4 Å². The predicted octanol–water partition coefficient (Wildman–Crippen LogP) is 6.73. The number of nitrogens with zero attached hydrogens (tertiary/aromatic N) is 2. The van der Waals surface area contributed by atoms with E-state index in [1.807, 2.05) is 13.1 Å². The first kappa shape index (κ1) is 28.8. The summed E-state index contributed by atoms with van der Waals surface area (Å²) in [5.74, 6) is -0.726. The molecule has 1 aliphatic heterocycles. The highest BCUT2D eigenvalue weighted by Crippen LogP contribution is 2.39. The third kappa shape index (κ3) is 6.05. The van der Waals surface area contributed by atoms with Gasteiger partial charge in [0.15, 0.2) is 8.32 Å². The van der Waals surface area contributed by atoms with Crippen LogP contribution in [-0.4, -0.2) is 37.4 Å². The van der Waals surface area contributed by atoms with Crippen molar-refractivity contribution < 1.29 is 31.5 Å². The van der Waals surface area contributed by atoms with E-state index in [-0.39, 0.29) is 30.8 Å². The summed E-state index contributed by atoms with van der Waals surface area (Å²) >= 11 is 0. The molecule has 208 valence electrons. The molecule has 1 saturated heterocycles. The van der Waals surface area contributed by atoms with E-state index >= 15 is 0 Å². The highest BCUT2D eigenvalue weighted by Gasteiger charge is 2.47. The van der Waals surface area contributed by atoms with Crippen LogP contribution in [0.5, 0.6) is 0 Å². The third-order valence-electron chi connectivity index (χ3n) is 7.50. The number of aromatic nitrogens is 2. The molecule has 1 aliphatic rings. The summed E-state index contributed by atoms with van der Waals surface area (Å²) in [7, 11) is -2.25. The van der Waals surface area contributed by atoms with Crippen LogP contribution in [0, 0.1) is 5.82 Å². The molecular weight excluding hydrogens is 530 g/mol. The number of rotatable bonds is 7. The number of hydrogen-bond donors (Lipinski definition) is 1. The number of ether oxygens (including phenoxy) is 1. The van der Waals surface area contributed by atoms with Crippen molar-refractivity contribution in [2.24, 2.45) is 0 Å². The fraction of sp³-hybridized carbons (Fsp3) is 0.393. The molecular formula is C28H31F4N3O3Si. The van der Waals surface area contributed by atoms with Gasteiger partial charge in [-0.25, -0.2) is 4.39 Å². The normalized spacial score (nSPS) is 15.5. The van der Waals surface area contributed by atoms with Gasteiger partial charge in [0.2, 0.25) is 5.91 Å². The molecule has 1 N–H and O–H groups in total. The van der Waals surface area contributed by atoms with Gasteiger partial charge < -0.3 is 14.5 Å². The van der Waals surface area contributed by atoms with Gasteiger partial charge in [0, 0.05) is 11.8 Å². The van der Waals surface area contributed by atoms with E-state index in [1.165, 1.54) is 18.3 Å². The van der Waals surface area contributed by atoms with Crippen molar-refractivity contribution in [1.29, 1.82) is 0 Å². The van der Waals surface area contributed by atoms with Crippen molar-refractivity contribution in [3.8, 4) is 11.3 Å². The molecule has 11 heteroatoms. The molecule has 6 nitrogen and oxygen atoms in total. The van der Waals surface area contributed by atoms with Crippen molar-refractivity contribution in [2.75, 3.05) is 18.5 Å². The summed E-state index contributed by atoms with van der Waals surface area (Å²) in [6, 6.07) is 9.94. The quantitative estimate of drug-likeness (QED) is 0.256. The van der Waals surface area contributed by atoms with Gasteiger partial charge in [0.1, 0.15) is 16.9 Å². The van der Waals surface area contributed by atoms with Crippen LogP contribution in [-0.2, 0) is 32.2 Å². The Morgan fingerprint density at radius 1 is 1.05 bits per heavy atom. The lowest BCUT2D eigenvalue weighted by molar-refractivity contribution is -0.141. The second-order valence-corrected chi connectivity index (χ2v) is 16.1. The number of nitrogens with one attached hydrogen (secondary N) is 1. The zero-order valence-electron chi connectivity index (χ0n) is 22.4. The Hall–Kier alpha value is -3.15. The lowest BCUT2D eigenvalue weighted by Gasteiger charge is -2.40. The molecule has 0 spiro atoms. The van der Waals surface area contributed by atoms with Crippen molar-refractivity contribution in [3.63, 3.8) is 0 Å². The number of halogens is 4. The topological polar surface area (TPSA) is 73.3 Å². The third-order valence-corrected chi connectivity index (χ3v) is 12.0. The molecule has 0 radical (unpaired) electrons. The number of carbonyl (C=O) groups is 1. The Kier molecular flexibility index (Phi) is 7.72. The average Bonchev–Trinajstić information content (AvgIpc) is 2.82. The summed E-state index contributed by atoms with van der Waals surface area (Å²) in [5.41, 5.74) is 0.220. The Labute approximate surface area is 225 Å². The van der Waals surface area contributed by atoms with E-state index in [1.54, 1.807) is 24.3 Å². The first-order valence-corrected chi connectivity index (χ1v) is 15.3. The summed E-state index contributed by atoms with van der Waals surface area (Å²) in [6.45, 7) is 10.5. The molecule has 0 saturated carbocycles. The van der Waals surface area contributed by atoms with Crippen LogP contribution >= 0.6 is 0 Å². The summed E-state index contributed by atoms with van der Waals surface area (Å²) in [4.78, 5) is 21.2. The van der Waals surface area contributed by atoms with E-state index in [4.69, 9.17) is 9.16 Å². The number of carbonyl (C=O) groups excluding carboxylic acids is 1. The molecule has 3 aromatic rings. The largest absolute Gasteiger partial charge is 0.433 e. The van der Waals surface area contributed by atoms with Crippen molar-refractivity contribution in [2.45, 2.75) is 57.1 Å². The van der Waals surface area contributed by atoms with Crippen LogP contribution in [0.2, 0.25) is 18.1 Å². The maximum atomic E-state index is 13.4. The fourth-order valence-electron chi connectivity index (χ4n) is 3.86. The van der Waals surface area contributed by atoms with Crippen molar-refractivity contribution in [1.82, 2.24) is 9.97 Å². The van der Waals surface area contributed by atoms with Crippen LogP contribution in [0.25, 0.3) is 11.3 Å². The number of benzene rings is 1. The molecule has 1 fully saturated rings. The van der Waals surface area contributed by atoms with Gasteiger partial charge in [0.25, 0.3) is 0 Å². The second kappa shape index (κ2) is 10.4. The highest BCUT2D eigenvalue weighted by molar-refractivity contribution is 6.74. The molecule has 1 aromatic carbocycles. The second-order valence-electron chi connectivity index (χ2n) is 11.2. The Bertz CT molecular complexity index is 1330. The Morgan fingerprint density at radius 3 is 2.23 bits per heavy atom. The Balaban J connectivity index is 1.58. The zero-order chi connectivity index (χ0) is 28.6. The number of amides is 1. The Morgan fingerprint density at radius 2 is 1.72 bits per heavy atom. The minimum absolute atomic E-state index is 0.0161. The van der Waals surface area contributed by atoms with Gasteiger partial charge in [-0.2, -0.15) is 13.2 Å². The molecule has 4 rings (SSSR count). The van der Waals surface area contributed by atoms with Gasteiger partial charge in [-0.3, -0.25) is 14.8 Å². The fourth-order valence-corrected chi connectivity index (χ4v) is 4.81. The van der Waals surface area contributed by atoms with Crippen LogP contribution < -0.4 is 5.32 Å².